The average Bonchev–Trinajstić information content (AvgIpc) is 2.30. The molecule has 0 amide bonds. The normalized spacial score (nSPS) is 28.1. The zero-order valence-corrected chi connectivity index (χ0v) is 11.2. The quantitative estimate of drug-likeness (QED) is 0.892. The summed E-state index contributed by atoms with van der Waals surface area (Å²) >= 11 is 0. The van der Waals surface area contributed by atoms with Crippen LogP contribution in [-0.2, 0) is 6.54 Å². The van der Waals surface area contributed by atoms with Gasteiger partial charge in [-0.05, 0) is 48.8 Å². The summed E-state index contributed by atoms with van der Waals surface area (Å²) in [6.45, 7) is 4.83. The van der Waals surface area contributed by atoms with Crippen LogP contribution in [0.2, 0.25) is 0 Å². The Morgan fingerprint density at radius 1 is 1.22 bits per heavy atom. The van der Waals surface area contributed by atoms with Gasteiger partial charge in [0, 0.05) is 6.54 Å². The molecule has 1 aromatic carbocycles. The minimum absolute atomic E-state index is 0.141. The summed E-state index contributed by atoms with van der Waals surface area (Å²) in [5, 5.41) is 0. The van der Waals surface area contributed by atoms with E-state index in [2.05, 4.69) is 13.8 Å². The summed E-state index contributed by atoms with van der Waals surface area (Å²) in [5.74, 6) is 1.37. The number of nitrogens with two attached hydrogens (primary N) is 1. The molecule has 0 bridgehead atoms. The SMILES string of the molecule is CC1CC(C)CC(Oc2ccc(CN)cc2F)C1. The Hall–Kier alpha value is -1.09. The maximum Gasteiger partial charge on any atom is 0.165 e. The lowest BCUT2D eigenvalue weighted by molar-refractivity contribution is 0.0970. The van der Waals surface area contributed by atoms with Crippen LogP contribution in [0.5, 0.6) is 5.75 Å². The second-order valence-corrected chi connectivity index (χ2v) is 5.63. The van der Waals surface area contributed by atoms with Crippen LogP contribution in [0.1, 0.15) is 38.7 Å². The highest BCUT2D eigenvalue weighted by Gasteiger charge is 2.25. The van der Waals surface area contributed by atoms with Crippen LogP contribution in [0.15, 0.2) is 18.2 Å². The van der Waals surface area contributed by atoms with Gasteiger partial charge in [-0.3, -0.25) is 0 Å². The van der Waals surface area contributed by atoms with E-state index in [0.717, 1.165) is 18.4 Å². The van der Waals surface area contributed by atoms with E-state index in [1.165, 1.54) is 12.5 Å². The standard InChI is InChI=1S/C15H22FNO/c1-10-5-11(2)7-13(6-10)18-15-4-3-12(9-17)8-14(15)16/h3-4,8,10-11,13H,5-7,9,17H2,1-2H3. The second-order valence-electron chi connectivity index (χ2n) is 5.63. The lowest BCUT2D eigenvalue weighted by Gasteiger charge is -2.31. The molecule has 2 N–H and O–H groups in total. The van der Waals surface area contributed by atoms with Crippen molar-refractivity contribution in [1.82, 2.24) is 0 Å². The monoisotopic (exact) mass is 251 g/mol. The topological polar surface area (TPSA) is 35.2 Å². The Kier molecular flexibility index (Phi) is 4.23. The van der Waals surface area contributed by atoms with Crippen molar-refractivity contribution in [3.05, 3.63) is 29.6 Å². The zero-order valence-electron chi connectivity index (χ0n) is 11.2. The van der Waals surface area contributed by atoms with Crippen molar-refractivity contribution >= 4 is 0 Å². The van der Waals surface area contributed by atoms with Crippen molar-refractivity contribution in [3.8, 4) is 5.75 Å². The molecular weight excluding hydrogens is 229 g/mol. The predicted octanol–water partition coefficient (Wildman–Crippen LogP) is 3.49. The van der Waals surface area contributed by atoms with E-state index in [1.807, 2.05) is 6.07 Å². The lowest BCUT2D eigenvalue weighted by atomic mass is 9.82. The van der Waals surface area contributed by atoms with Crippen molar-refractivity contribution < 1.29 is 9.13 Å². The molecular formula is C15H22FNO. The van der Waals surface area contributed by atoms with Crippen LogP contribution in [0.3, 0.4) is 0 Å². The van der Waals surface area contributed by atoms with E-state index in [0.29, 0.717) is 24.1 Å². The maximum absolute atomic E-state index is 13.8. The molecule has 2 atom stereocenters. The number of hydrogen-bond donors (Lipinski definition) is 1. The third-order valence-electron chi connectivity index (χ3n) is 3.66. The molecule has 1 aromatic rings. The molecule has 0 saturated heterocycles. The Balaban J connectivity index is 2.04. The Morgan fingerprint density at radius 3 is 2.44 bits per heavy atom. The van der Waals surface area contributed by atoms with Gasteiger partial charge in [-0.25, -0.2) is 4.39 Å². The van der Waals surface area contributed by atoms with E-state index in [-0.39, 0.29) is 11.9 Å². The summed E-state index contributed by atoms with van der Waals surface area (Å²) in [4.78, 5) is 0. The van der Waals surface area contributed by atoms with Crippen LogP contribution >= 0.6 is 0 Å². The highest BCUT2D eigenvalue weighted by Crippen LogP contribution is 2.32. The second kappa shape index (κ2) is 5.70. The zero-order chi connectivity index (χ0) is 13.1. The third kappa shape index (κ3) is 3.22. The molecule has 1 fully saturated rings. The van der Waals surface area contributed by atoms with Crippen LogP contribution in [0.25, 0.3) is 0 Å². The van der Waals surface area contributed by atoms with Gasteiger partial charge >= 0.3 is 0 Å². The van der Waals surface area contributed by atoms with Gasteiger partial charge in [0.15, 0.2) is 11.6 Å². The first kappa shape index (κ1) is 13.3. The molecule has 0 heterocycles. The molecule has 1 aliphatic rings. The Bertz CT molecular complexity index is 397. The Morgan fingerprint density at radius 2 is 1.89 bits per heavy atom. The fourth-order valence-electron chi connectivity index (χ4n) is 2.92. The summed E-state index contributed by atoms with van der Waals surface area (Å²) in [5.41, 5.74) is 6.28. The molecule has 0 aliphatic heterocycles. The van der Waals surface area contributed by atoms with Crippen LogP contribution < -0.4 is 10.5 Å². The van der Waals surface area contributed by atoms with E-state index in [9.17, 15) is 4.39 Å². The molecule has 1 saturated carbocycles. The third-order valence-corrected chi connectivity index (χ3v) is 3.66. The lowest BCUT2D eigenvalue weighted by Crippen LogP contribution is -2.28. The molecule has 0 aromatic heterocycles. The van der Waals surface area contributed by atoms with E-state index < -0.39 is 0 Å². The number of halogens is 1. The minimum Gasteiger partial charge on any atom is -0.487 e. The highest BCUT2D eigenvalue weighted by molar-refractivity contribution is 5.29. The van der Waals surface area contributed by atoms with Gasteiger partial charge in [-0.2, -0.15) is 0 Å². The predicted molar refractivity (Wildman–Crippen MR) is 70.9 cm³/mol. The van der Waals surface area contributed by atoms with E-state index in [1.54, 1.807) is 6.07 Å². The van der Waals surface area contributed by atoms with Gasteiger partial charge in [0.1, 0.15) is 0 Å². The van der Waals surface area contributed by atoms with Crippen molar-refractivity contribution in [1.29, 1.82) is 0 Å². The highest BCUT2D eigenvalue weighted by atomic mass is 19.1. The molecule has 2 rings (SSSR count). The van der Waals surface area contributed by atoms with Gasteiger partial charge in [0.05, 0.1) is 6.10 Å². The fraction of sp³-hybridized carbons (Fsp3) is 0.600. The van der Waals surface area contributed by atoms with Gasteiger partial charge < -0.3 is 10.5 Å². The first-order chi connectivity index (χ1) is 8.58. The van der Waals surface area contributed by atoms with Gasteiger partial charge in [-0.15, -0.1) is 0 Å². The smallest absolute Gasteiger partial charge is 0.165 e. The fourth-order valence-corrected chi connectivity index (χ4v) is 2.92. The van der Waals surface area contributed by atoms with Gasteiger partial charge in [-0.1, -0.05) is 19.9 Å². The first-order valence-corrected chi connectivity index (χ1v) is 6.73. The van der Waals surface area contributed by atoms with Gasteiger partial charge in [0.2, 0.25) is 0 Å². The number of ether oxygens (including phenoxy) is 1. The summed E-state index contributed by atoms with van der Waals surface area (Å²) in [6, 6.07) is 4.99. The molecule has 0 spiro atoms. The molecule has 100 valence electrons. The first-order valence-electron chi connectivity index (χ1n) is 6.73. The molecule has 0 radical (unpaired) electrons. The summed E-state index contributed by atoms with van der Waals surface area (Å²) in [7, 11) is 0. The van der Waals surface area contributed by atoms with Crippen LogP contribution in [0.4, 0.5) is 4.39 Å². The van der Waals surface area contributed by atoms with Gasteiger partial charge in [0.25, 0.3) is 0 Å². The van der Waals surface area contributed by atoms with Crippen molar-refractivity contribution in [2.75, 3.05) is 0 Å². The number of benzene rings is 1. The minimum atomic E-state index is -0.302. The number of hydrogen-bond acceptors (Lipinski definition) is 2. The molecule has 2 nitrogen and oxygen atoms in total. The van der Waals surface area contributed by atoms with E-state index >= 15 is 0 Å². The van der Waals surface area contributed by atoms with E-state index in [4.69, 9.17) is 10.5 Å². The molecule has 18 heavy (non-hydrogen) atoms. The largest absolute Gasteiger partial charge is 0.487 e. The van der Waals surface area contributed by atoms with Crippen molar-refractivity contribution in [3.63, 3.8) is 0 Å². The molecule has 2 unspecified atom stereocenters. The van der Waals surface area contributed by atoms with Crippen molar-refractivity contribution in [2.24, 2.45) is 17.6 Å². The molecule has 3 heteroatoms. The summed E-state index contributed by atoms with van der Waals surface area (Å²) < 4.78 is 19.6. The van der Waals surface area contributed by atoms with Crippen molar-refractivity contribution in [2.45, 2.75) is 45.8 Å². The molecule has 1 aliphatic carbocycles. The average molecular weight is 251 g/mol. The summed E-state index contributed by atoms with van der Waals surface area (Å²) in [6.07, 6.45) is 3.42. The van der Waals surface area contributed by atoms with Crippen LogP contribution in [0, 0.1) is 17.7 Å². The number of rotatable bonds is 3. The maximum atomic E-state index is 13.8. The Labute approximate surface area is 108 Å². The van der Waals surface area contributed by atoms with Crippen LogP contribution in [-0.4, -0.2) is 6.10 Å².